The van der Waals surface area contributed by atoms with E-state index in [2.05, 4.69) is 10.6 Å². The monoisotopic (exact) mass is 506 g/mol. The zero-order valence-electron chi connectivity index (χ0n) is 20.1. The molecule has 0 radical (unpaired) electrons. The van der Waals surface area contributed by atoms with Crippen LogP contribution in [0.5, 0.6) is 0 Å². The summed E-state index contributed by atoms with van der Waals surface area (Å²) in [6.07, 6.45) is 0.201. The Morgan fingerprint density at radius 1 is 0.944 bits per heavy atom. The average Bonchev–Trinajstić information content (AvgIpc) is 2.90. The first-order chi connectivity index (χ1) is 17.0. The van der Waals surface area contributed by atoms with Crippen LogP contribution in [-0.4, -0.2) is 37.8 Å². The predicted molar refractivity (Wildman–Crippen MR) is 134 cm³/mol. The quantitative estimate of drug-likeness (QED) is 0.509. The fourth-order valence-corrected chi connectivity index (χ4v) is 5.45. The van der Waals surface area contributed by atoms with Crippen molar-refractivity contribution in [1.82, 2.24) is 5.32 Å². The van der Waals surface area contributed by atoms with Crippen molar-refractivity contribution in [1.29, 1.82) is 0 Å². The number of rotatable bonds is 5. The zero-order valence-corrected chi connectivity index (χ0v) is 20.9. The van der Waals surface area contributed by atoms with Crippen LogP contribution in [0.4, 0.5) is 5.69 Å². The molecule has 9 heteroatoms. The summed E-state index contributed by atoms with van der Waals surface area (Å²) >= 11 is 0. The number of hydrogen-bond acceptors (Lipinski definition) is 6. The molecule has 0 fully saturated rings. The Kier molecular flexibility index (Phi) is 6.69. The van der Waals surface area contributed by atoms with Gasteiger partial charge in [-0.15, -0.1) is 0 Å². The molecule has 0 aliphatic carbocycles. The number of carbonyl (C=O) groups is 3. The number of esters is 1. The van der Waals surface area contributed by atoms with Gasteiger partial charge in [-0.25, -0.2) is 13.2 Å². The highest BCUT2D eigenvalue weighted by atomic mass is 32.2. The van der Waals surface area contributed by atoms with Crippen molar-refractivity contribution in [2.45, 2.75) is 48.6 Å². The van der Waals surface area contributed by atoms with Crippen LogP contribution in [-0.2, 0) is 25.8 Å². The van der Waals surface area contributed by atoms with Crippen molar-refractivity contribution in [3.8, 4) is 0 Å². The van der Waals surface area contributed by atoms with E-state index in [9.17, 15) is 22.8 Å². The molecule has 3 aromatic rings. The van der Waals surface area contributed by atoms with Crippen molar-refractivity contribution in [2.75, 3.05) is 5.32 Å². The first kappa shape index (κ1) is 25.1. The van der Waals surface area contributed by atoms with Gasteiger partial charge in [0.2, 0.25) is 9.84 Å². The van der Waals surface area contributed by atoms with Gasteiger partial charge >= 0.3 is 5.97 Å². The molecule has 4 rings (SSSR count). The summed E-state index contributed by atoms with van der Waals surface area (Å²) in [4.78, 5) is 38.5. The Labute approximate surface area is 209 Å². The molecule has 0 saturated carbocycles. The van der Waals surface area contributed by atoms with Crippen LogP contribution >= 0.6 is 0 Å². The summed E-state index contributed by atoms with van der Waals surface area (Å²) in [6.45, 7) is 5.21. The minimum atomic E-state index is -4.00. The fraction of sp³-hybridized carbons (Fsp3) is 0.222. The van der Waals surface area contributed by atoms with Crippen LogP contribution in [0.2, 0.25) is 0 Å². The predicted octanol–water partition coefficient (Wildman–Crippen LogP) is 3.77. The summed E-state index contributed by atoms with van der Waals surface area (Å²) in [5.41, 5.74) is 0.158. The van der Waals surface area contributed by atoms with Crippen LogP contribution in [0.1, 0.15) is 47.1 Å². The molecule has 1 atom stereocenters. The molecule has 0 spiro atoms. The van der Waals surface area contributed by atoms with E-state index in [-0.39, 0.29) is 33.0 Å². The summed E-state index contributed by atoms with van der Waals surface area (Å²) in [5, 5.41) is 5.29. The number of carbonyl (C=O) groups excluding carboxylic acids is 3. The maximum absolute atomic E-state index is 13.2. The molecule has 186 valence electrons. The van der Waals surface area contributed by atoms with Gasteiger partial charge in [-0.1, -0.05) is 42.5 Å². The Morgan fingerprint density at radius 2 is 1.61 bits per heavy atom. The lowest BCUT2D eigenvalue weighted by Crippen LogP contribution is -2.45. The molecule has 0 bridgehead atoms. The Bertz CT molecular complexity index is 1440. The second-order valence-electron chi connectivity index (χ2n) is 9.41. The smallest absolute Gasteiger partial charge is 0.329 e. The molecular formula is C27H26N2O6S. The third kappa shape index (κ3) is 5.31. The van der Waals surface area contributed by atoms with Gasteiger partial charge in [0.05, 0.1) is 21.0 Å². The van der Waals surface area contributed by atoms with Crippen molar-refractivity contribution >= 4 is 33.3 Å². The van der Waals surface area contributed by atoms with Crippen molar-refractivity contribution in [2.24, 2.45) is 0 Å². The highest BCUT2D eigenvalue weighted by Gasteiger charge is 2.32. The lowest BCUT2D eigenvalue weighted by Gasteiger charge is -2.25. The number of benzene rings is 3. The summed E-state index contributed by atoms with van der Waals surface area (Å²) in [6, 6.07) is 18.0. The average molecular weight is 507 g/mol. The molecule has 0 unspecified atom stereocenters. The Hall–Kier alpha value is -3.98. The van der Waals surface area contributed by atoms with Gasteiger partial charge in [0.1, 0.15) is 11.6 Å². The second-order valence-corrected chi connectivity index (χ2v) is 11.3. The van der Waals surface area contributed by atoms with E-state index < -0.39 is 39.3 Å². The number of anilines is 1. The lowest BCUT2D eigenvalue weighted by atomic mass is 10.0. The lowest BCUT2D eigenvalue weighted by molar-refractivity contribution is -0.157. The van der Waals surface area contributed by atoms with Gasteiger partial charge in [0.25, 0.3) is 11.8 Å². The van der Waals surface area contributed by atoms with Crippen LogP contribution in [0.25, 0.3) is 0 Å². The van der Waals surface area contributed by atoms with E-state index in [1.165, 1.54) is 30.3 Å². The first-order valence-corrected chi connectivity index (χ1v) is 12.8. The SMILES string of the molecule is CC(C)(C)OC(=O)[C@@H](Cc1ccccc1)NC(=O)c1ccc2c(c1)NC(=O)c1ccccc1S2(=O)=O. The van der Waals surface area contributed by atoms with E-state index in [1.807, 2.05) is 30.3 Å². The molecule has 3 aromatic carbocycles. The van der Waals surface area contributed by atoms with Gasteiger partial charge < -0.3 is 15.4 Å². The number of ether oxygens (including phenoxy) is 1. The van der Waals surface area contributed by atoms with Gasteiger partial charge in [-0.05, 0) is 56.7 Å². The molecule has 0 aromatic heterocycles. The summed E-state index contributed by atoms with van der Waals surface area (Å²) in [5.74, 6) is -1.81. The zero-order chi connectivity index (χ0) is 26.1. The fourth-order valence-electron chi connectivity index (χ4n) is 3.86. The highest BCUT2D eigenvalue weighted by Crippen LogP contribution is 2.34. The molecule has 1 aliphatic heterocycles. The van der Waals surface area contributed by atoms with E-state index in [0.29, 0.717) is 0 Å². The molecule has 1 heterocycles. The normalized spacial score (nSPS) is 14.9. The minimum absolute atomic E-state index is 0.0132. The van der Waals surface area contributed by atoms with Crippen LogP contribution in [0, 0.1) is 0 Å². The van der Waals surface area contributed by atoms with Crippen LogP contribution in [0.3, 0.4) is 0 Å². The minimum Gasteiger partial charge on any atom is -0.458 e. The second kappa shape index (κ2) is 9.58. The van der Waals surface area contributed by atoms with Crippen molar-refractivity contribution in [3.05, 3.63) is 89.5 Å². The van der Waals surface area contributed by atoms with E-state index in [1.54, 1.807) is 32.9 Å². The van der Waals surface area contributed by atoms with Gasteiger partial charge in [0, 0.05) is 12.0 Å². The Balaban J connectivity index is 1.64. The number of sulfone groups is 1. The molecule has 2 N–H and O–H groups in total. The third-order valence-corrected chi connectivity index (χ3v) is 7.35. The van der Waals surface area contributed by atoms with Crippen molar-refractivity contribution in [3.63, 3.8) is 0 Å². The Morgan fingerprint density at radius 3 is 2.31 bits per heavy atom. The van der Waals surface area contributed by atoms with Crippen LogP contribution < -0.4 is 10.6 Å². The van der Waals surface area contributed by atoms with Crippen molar-refractivity contribution < 1.29 is 27.5 Å². The molecule has 36 heavy (non-hydrogen) atoms. The number of hydrogen-bond donors (Lipinski definition) is 2. The summed E-state index contributed by atoms with van der Waals surface area (Å²) < 4.78 is 31.9. The molecular weight excluding hydrogens is 480 g/mol. The molecule has 1 aliphatic rings. The maximum Gasteiger partial charge on any atom is 0.329 e. The van der Waals surface area contributed by atoms with Gasteiger partial charge in [-0.3, -0.25) is 9.59 Å². The third-order valence-electron chi connectivity index (χ3n) is 5.48. The number of nitrogens with one attached hydrogen (secondary N) is 2. The van der Waals surface area contributed by atoms with E-state index in [4.69, 9.17) is 4.74 Å². The van der Waals surface area contributed by atoms with E-state index in [0.717, 1.165) is 5.56 Å². The number of fused-ring (bicyclic) bond motifs is 2. The largest absolute Gasteiger partial charge is 0.458 e. The highest BCUT2D eigenvalue weighted by molar-refractivity contribution is 7.91. The van der Waals surface area contributed by atoms with Crippen LogP contribution in [0.15, 0.2) is 82.6 Å². The van der Waals surface area contributed by atoms with Gasteiger partial charge in [0.15, 0.2) is 0 Å². The number of amides is 2. The standard InChI is InChI=1S/C27H26N2O6S/c1-27(2,3)35-26(32)21(15-17-9-5-4-6-10-17)29-24(30)18-13-14-23-20(16-18)28-25(31)19-11-7-8-12-22(19)36(23,33)34/h4-14,16,21H,15H2,1-3H3,(H,28,31)(H,29,30)/t21-/m1/s1. The van der Waals surface area contributed by atoms with E-state index >= 15 is 0 Å². The molecule has 0 saturated heterocycles. The summed E-state index contributed by atoms with van der Waals surface area (Å²) in [7, 11) is -4.00. The topological polar surface area (TPSA) is 119 Å². The molecule has 2 amide bonds. The maximum atomic E-state index is 13.2. The molecule has 8 nitrogen and oxygen atoms in total. The first-order valence-electron chi connectivity index (χ1n) is 11.3. The van der Waals surface area contributed by atoms with Gasteiger partial charge in [-0.2, -0.15) is 0 Å².